The summed E-state index contributed by atoms with van der Waals surface area (Å²) in [5.41, 5.74) is 4.00. The van der Waals surface area contributed by atoms with Crippen molar-refractivity contribution in [2.24, 2.45) is 5.73 Å². The van der Waals surface area contributed by atoms with Crippen LogP contribution in [0.4, 0.5) is 17.6 Å². The summed E-state index contributed by atoms with van der Waals surface area (Å²) in [5.74, 6) is -0.800. The van der Waals surface area contributed by atoms with Gasteiger partial charge in [0, 0.05) is 36.4 Å². The molecule has 0 aliphatic carbocycles. The lowest BCUT2D eigenvalue weighted by molar-refractivity contribution is -0.148. The van der Waals surface area contributed by atoms with Crippen LogP contribution >= 0.6 is 0 Å². The summed E-state index contributed by atoms with van der Waals surface area (Å²) in [4.78, 5) is 4.42. The number of aromatic nitrogens is 2. The molecule has 2 aromatic rings. The first-order valence-corrected chi connectivity index (χ1v) is 10.3. The molecule has 0 unspecified atom stereocenters. The van der Waals surface area contributed by atoms with E-state index in [2.05, 4.69) is 4.98 Å². The zero-order valence-electron chi connectivity index (χ0n) is 17.9. The monoisotopic (exact) mass is 443 g/mol. The second-order valence-corrected chi connectivity index (χ2v) is 9.17. The zero-order valence-corrected chi connectivity index (χ0v) is 17.9. The van der Waals surface area contributed by atoms with Crippen molar-refractivity contribution < 1.29 is 31.6 Å². The number of hydrogen-bond acceptors (Lipinski definition) is 5. The number of rotatable bonds is 3. The van der Waals surface area contributed by atoms with Gasteiger partial charge >= 0.3 is 13.3 Å². The standard InChI is InChI=1S/C20H26BF4N3O3/c1-18(2)19(3,4)31-21(30-18)16-14(22)9-12-13(15(26)20(23,24)25)10-28(17(12)27-16)11-5-7-29-8-6-11/h9-11,15H,5-8,26H2,1-4H3/t15-/m0/s1. The first kappa shape index (κ1) is 22.5. The van der Waals surface area contributed by atoms with Crippen molar-refractivity contribution in [1.29, 1.82) is 0 Å². The summed E-state index contributed by atoms with van der Waals surface area (Å²) in [5, 5.41) is 0.0362. The Labute approximate surface area is 178 Å². The average Bonchev–Trinajstić information content (AvgIpc) is 3.13. The molecule has 4 rings (SSSR count). The van der Waals surface area contributed by atoms with E-state index in [1.165, 1.54) is 6.20 Å². The highest BCUT2D eigenvalue weighted by Gasteiger charge is 2.53. The summed E-state index contributed by atoms with van der Waals surface area (Å²) in [6.07, 6.45) is -2.11. The van der Waals surface area contributed by atoms with E-state index < -0.39 is 36.4 Å². The molecular formula is C20H26BF4N3O3. The number of fused-ring (bicyclic) bond motifs is 1. The van der Waals surface area contributed by atoms with E-state index in [1.807, 2.05) is 27.7 Å². The molecule has 2 aromatic heterocycles. The van der Waals surface area contributed by atoms with Gasteiger partial charge in [0.25, 0.3) is 0 Å². The maximum absolute atomic E-state index is 15.1. The van der Waals surface area contributed by atoms with Crippen molar-refractivity contribution in [3.63, 3.8) is 0 Å². The minimum Gasteiger partial charge on any atom is -0.398 e. The second-order valence-electron chi connectivity index (χ2n) is 9.17. The molecule has 2 N–H and O–H groups in total. The molecule has 0 spiro atoms. The lowest BCUT2D eigenvalue weighted by Crippen LogP contribution is -2.41. The molecule has 2 saturated heterocycles. The Hall–Kier alpha value is -1.69. The third kappa shape index (κ3) is 3.86. The van der Waals surface area contributed by atoms with Crippen molar-refractivity contribution in [2.75, 3.05) is 13.2 Å². The van der Waals surface area contributed by atoms with E-state index >= 15 is 4.39 Å². The average molecular weight is 443 g/mol. The van der Waals surface area contributed by atoms with Crippen LogP contribution in [-0.4, -0.2) is 47.3 Å². The van der Waals surface area contributed by atoms with Gasteiger partial charge in [0.2, 0.25) is 0 Å². The highest BCUT2D eigenvalue weighted by molar-refractivity contribution is 6.61. The smallest absolute Gasteiger partial charge is 0.398 e. The van der Waals surface area contributed by atoms with Gasteiger partial charge in [-0.25, -0.2) is 9.37 Å². The quantitative estimate of drug-likeness (QED) is 0.582. The maximum Gasteiger partial charge on any atom is 0.517 e. The Morgan fingerprint density at radius 2 is 1.74 bits per heavy atom. The fraction of sp³-hybridized carbons (Fsp3) is 0.650. The molecule has 2 aliphatic heterocycles. The molecule has 0 radical (unpaired) electrons. The van der Waals surface area contributed by atoms with Gasteiger partial charge in [-0.2, -0.15) is 13.2 Å². The van der Waals surface area contributed by atoms with Crippen LogP contribution in [-0.2, 0) is 14.0 Å². The summed E-state index contributed by atoms with van der Waals surface area (Å²) in [6.45, 7) is 8.28. The molecule has 0 amide bonds. The summed E-state index contributed by atoms with van der Waals surface area (Å²) in [7, 11) is -1.08. The number of ether oxygens (including phenoxy) is 1. The SMILES string of the molecule is CC1(C)OB(c2nc3c(cc2F)c([C@H](N)C(F)(F)F)cn3C2CCOCC2)OC1(C)C. The van der Waals surface area contributed by atoms with Crippen molar-refractivity contribution >= 4 is 23.7 Å². The molecular weight excluding hydrogens is 417 g/mol. The van der Waals surface area contributed by atoms with Crippen LogP contribution in [0.3, 0.4) is 0 Å². The fourth-order valence-electron chi connectivity index (χ4n) is 3.97. The lowest BCUT2D eigenvalue weighted by atomic mass is 9.83. The minimum atomic E-state index is -4.67. The van der Waals surface area contributed by atoms with Gasteiger partial charge in [-0.3, -0.25) is 0 Å². The molecule has 6 nitrogen and oxygen atoms in total. The van der Waals surface area contributed by atoms with Gasteiger partial charge in [-0.05, 0) is 46.6 Å². The second kappa shape index (κ2) is 7.43. The van der Waals surface area contributed by atoms with Crippen molar-refractivity contribution in [1.82, 2.24) is 9.55 Å². The highest BCUT2D eigenvalue weighted by Crippen LogP contribution is 2.39. The molecule has 11 heteroatoms. The Balaban J connectivity index is 1.85. The topological polar surface area (TPSA) is 71.5 Å². The number of nitrogens with zero attached hydrogens (tertiary/aromatic N) is 2. The van der Waals surface area contributed by atoms with Crippen LogP contribution in [0.25, 0.3) is 11.0 Å². The lowest BCUT2D eigenvalue weighted by Gasteiger charge is -2.32. The van der Waals surface area contributed by atoms with Crippen molar-refractivity contribution in [3.8, 4) is 0 Å². The number of nitrogens with two attached hydrogens (primary N) is 1. The normalized spacial score (nSPS) is 22.9. The van der Waals surface area contributed by atoms with Gasteiger partial charge in [-0.15, -0.1) is 0 Å². The van der Waals surface area contributed by atoms with Crippen LogP contribution in [0.5, 0.6) is 0 Å². The van der Waals surface area contributed by atoms with Gasteiger partial charge in [0.15, 0.2) is 0 Å². The predicted molar refractivity (Wildman–Crippen MR) is 107 cm³/mol. The van der Waals surface area contributed by atoms with Crippen LogP contribution < -0.4 is 11.3 Å². The fourth-order valence-corrected chi connectivity index (χ4v) is 3.97. The van der Waals surface area contributed by atoms with E-state index in [-0.39, 0.29) is 28.2 Å². The number of alkyl halides is 3. The van der Waals surface area contributed by atoms with Crippen molar-refractivity contribution in [2.45, 2.75) is 70.0 Å². The molecule has 0 bridgehead atoms. The van der Waals surface area contributed by atoms with E-state index in [0.29, 0.717) is 26.1 Å². The molecule has 1 atom stereocenters. The van der Waals surface area contributed by atoms with Gasteiger partial charge < -0.3 is 24.3 Å². The van der Waals surface area contributed by atoms with Gasteiger partial charge in [0.1, 0.15) is 23.1 Å². The molecule has 2 fully saturated rings. The van der Waals surface area contributed by atoms with Gasteiger partial charge in [-0.1, -0.05) is 0 Å². The molecule has 4 heterocycles. The number of hydrogen-bond donors (Lipinski definition) is 1. The Morgan fingerprint density at radius 1 is 1.16 bits per heavy atom. The van der Waals surface area contributed by atoms with Crippen molar-refractivity contribution in [3.05, 3.63) is 23.6 Å². The molecule has 31 heavy (non-hydrogen) atoms. The summed E-state index contributed by atoms with van der Waals surface area (Å²) < 4.78 is 74.2. The summed E-state index contributed by atoms with van der Waals surface area (Å²) in [6, 6.07) is -1.33. The van der Waals surface area contributed by atoms with Gasteiger partial charge in [0.05, 0.1) is 11.2 Å². The molecule has 170 valence electrons. The summed E-state index contributed by atoms with van der Waals surface area (Å²) >= 11 is 0. The van der Waals surface area contributed by atoms with Crippen LogP contribution in [0, 0.1) is 5.82 Å². The number of halogens is 4. The third-order valence-corrected chi connectivity index (χ3v) is 6.57. The zero-order chi connectivity index (χ0) is 22.8. The first-order chi connectivity index (χ1) is 14.3. The molecule has 2 aliphatic rings. The largest absolute Gasteiger partial charge is 0.517 e. The van der Waals surface area contributed by atoms with E-state index in [9.17, 15) is 13.2 Å². The maximum atomic E-state index is 15.1. The number of pyridine rings is 1. The van der Waals surface area contributed by atoms with Crippen LogP contribution in [0.2, 0.25) is 0 Å². The first-order valence-electron chi connectivity index (χ1n) is 10.3. The Kier molecular flexibility index (Phi) is 5.40. The van der Waals surface area contributed by atoms with E-state index in [0.717, 1.165) is 6.07 Å². The minimum absolute atomic E-state index is 0.0362. The van der Waals surface area contributed by atoms with Crippen LogP contribution in [0.1, 0.15) is 58.2 Å². The van der Waals surface area contributed by atoms with E-state index in [4.69, 9.17) is 19.8 Å². The Bertz CT molecular complexity index is 970. The third-order valence-electron chi connectivity index (χ3n) is 6.57. The predicted octanol–water partition coefficient (Wildman–Crippen LogP) is 3.39. The molecule has 0 saturated carbocycles. The van der Waals surface area contributed by atoms with E-state index in [1.54, 1.807) is 4.57 Å². The Morgan fingerprint density at radius 3 is 2.29 bits per heavy atom. The molecule has 0 aromatic carbocycles. The van der Waals surface area contributed by atoms with Crippen LogP contribution in [0.15, 0.2) is 12.3 Å². The highest BCUT2D eigenvalue weighted by atomic mass is 19.4.